The summed E-state index contributed by atoms with van der Waals surface area (Å²) in [6, 6.07) is 11.1. The highest BCUT2D eigenvalue weighted by atomic mass is 32.2. The lowest BCUT2D eigenvalue weighted by Crippen LogP contribution is -2.27. The molecule has 1 fully saturated rings. The van der Waals surface area contributed by atoms with Gasteiger partial charge >= 0.3 is 0 Å². The molecule has 1 aliphatic rings. The SMILES string of the molecule is O=C(c1cc(S(=O)(=O)Nc2cnn(Cc3ccccc3)c2)c[nH]1)N1CCCC1. The number of nitrogens with one attached hydrogen (secondary N) is 2. The molecule has 0 saturated carbocycles. The van der Waals surface area contributed by atoms with Gasteiger partial charge < -0.3 is 9.88 Å². The van der Waals surface area contributed by atoms with Gasteiger partial charge in [-0.05, 0) is 24.5 Å². The van der Waals surface area contributed by atoms with Gasteiger partial charge in [0.15, 0.2) is 0 Å². The second-order valence-electron chi connectivity index (χ2n) is 6.77. The number of H-pyrrole nitrogens is 1. The zero-order chi connectivity index (χ0) is 19.6. The number of hydrogen-bond donors (Lipinski definition) is 2. The van der Waals surface area contributed by atoms with Gasteiger partial charge in [0.2, 0.25) is 0 Å². The molecule has 28 heavy (non-hydrogen) atoms. The molecule has 0 unspecified atom stereocenters. The summed E-state index contributed by atoms with van der Waals surface area (Å²) in [4.78, 5) is 16.9. The molecule has 8 nitrogen and oxygen atoms in total. The van der Waals surface area contributed by atoms with Gasteiger partial charge in [-0.15, -0.1) is 0 Å². The summed E-state index contributed by atoms with van der Waals surface area (Å²) in [5.74, 6) is -0.172. The average molecular weight is 399 g/mol. The monoisotopic (exact) mass is 399 g/mol. The first-order valence-corrected chi connectivity index (χ1v) is 10.6. The molecule has 2 N–H and O–H groups in total. The first-order valence-electron chi connectivity index (χ1n) is 9.08. The lowest BCUT2D eigenvalue weighted by molar-refractivity contribution is 0.0787. The highest BCUT2D eigenvalue weighted by Crippen LogP contribution is 2.19. The Morgan fingerprint density at radius 1 is 1.18 bits per heavy atom. The minimum absolute atomic E-state index is 0.0193. The van der Waals surface area contributed by atoms with Crippen LogP contribution >= 0.6 is 0 Å². The largest absolute Gasteiger partial charge is 0.356 e. The highest BCUT2D eigenvalue weighted by molar-refractivity contribution is 7.92. The maximum absolute atomic E-state index is 12.6. The second kappa shape index (κ2) is 7.51. The summed E-state index contributed by atoms with van der Waals surface area (Å²) in [7, 11) is -3.81. The van der Waals surface area contributed by atoms with Crippen molar-refractivity contribution in [3.05, 3.63) is 66.2 Å². The molecule has 0 radical (unpaired) electrons. The zero-order valence-electron chi connectivity index (χ0n) is 15.2. The van der Waals surface area contributed by atoms with Crippen molar-refractivity contribution in [1.82, 2.24) is 19.7 Å². The Morgan fingerprint density at radius 2 is 1.93 bits per heavy atom. The maximum atomic E-state index is 12.6. The molecule has 0 spiro atoms. The van der Waals surface area contributed by atoms with E-state index < -0.39 is 10.0 Å². The van der Waals surface area contributed by atoms with Crippen LogP contribution in [0.25, 0.3) is 0 Å². The molecule has 1 aromatic carbocycles. The van der Waals surface area contributed by atoms with Crippen molar-refractivity contribution in [1.29, 1.82) is 0 Å². The minimum atomic E-state index is -3.81. The number of anilines is 1. The number of benzene rings is 1. The van der Waals surface area contributed by atoms with E-state index in [9.17, 15) is 13.2 Å². The fraction of sp³-hybridized carbons (Fsp3) is 0.263. The molecule has 1 amide bonds. The van der Waals surface area contributed by atoms with E-state index in [2.05, 4.69) is 14.8 Å². The third kappa shape index (κ3) is 3.94. The fourth-order valence-electron chi connectivity index (χ4n) is 3.23. The third-order valence-corrected chi connectivity index (χ3v) is 6.02. The van der Waals surface area contributed by atoms with E-state index in [4.69, 9.17) is 0 Å². The number of sulfonamides is 1. The molecule has 2 aromatic heterocycles. The number of aromatic amines is 1. The van der Waals surface area contributed by atoms with E-state index in [0.29, 0.717) is 25.3 Å². The van der Waals surface area contributed by atoms with Crippen LogP contribution < -0.4 is 4.72 Å². The van der Waals surface area contributed by atoms with Gasteiger partial charge in [-0.3, -0.25) is 14.2 Å². The summed E-state index contributed by atoms with van der Waals surface area (Å²) >= 11 is 0. The molecule has 1 aliphatic heterocycles. The summed E-state index contributed by atoms with van der Waals surface area (Å²) in [6.07, 6.45) is 6.38. The van der Waals surface area contributed by atoms with Crippen molar-refractivity contribution in [3.8, 4) is 0 Å². The molecule has 146 valence electrons. The van der Waals surface area contributed by atoms with Crippen molar-refractivity contribution >= 4 is 21.6 Å². The zero-order valence-corrected chi connectivity index (χ0v) is 16.0. The summed E-state index contributed by atoms with van der Waals surface area (Å²) in [6.45, 7) is 1.96. The van der Waals surface area contributed by atoms with Crippen LogP contribution in [0.4, 0.5) is 5.69 Å². The van der Waals surface area contributed by atoms with E-state index in [0.717, 1.165) is 18.4 Å². The molecule has 0 aliphatic carbocycles. The molecule has 3 heterocycles. The summed E-state index contributed by atoms with van der Waals surface area (Å²) < 4.78 is 29.4. The van der Waals surface area contributed by atoms with E-state index in [1.165, 1.54) is 18.5 Å². The number of nitrogens with zero attached hydrogens (tertiary/aromatic N) is 3. The Balaban J connectivity index is 1.45. The van der Waals surface area contributed by atoms with Gasteiger partial charge in [0.25, 0.3) is 15.9 Å². The number of rotatable bonds is 6. The van der Waals surface area contributed by atoms with Crippen molar-refractivity contribution in [3.63, 3.8) is 0 Å². The molecular weight excluding hydrogens is 378 g/mol. The smallest absolute Gasteiger partial charge is 0.270 e. The van der Waals surface area contributed by atoms with Crippen molar-refractivity contribution < 1.29 is 13.2 Å². The van der Waals surface area contributed by atoms with Crippen LogP contribution in [0.2, 0.25) is 0 Å². The van der Waals surface area contributed by atoms with Gasteiger partial charge in [0.1, 0.15) is 10.6 Å². The number of amides is 1. The topological polar surface area (TPSA) is 100 Å². The van der Waals surface area contributed by atoms with Crippen molar-refractivity contribution in [2.45, 2.75) is 24.3 Å². The Kier molecular flexibility index (Phi) is 4.91. The third-order valence-electron chi connectivity index (χ3n) is 4.66. The number of hydrogen-bond acceptors (Lipinski definition) is 4. The maximum Gasteiger partial charge on any atom is 0.270 e. The standard InChI is InChI=1S/C19H21N5O3S/c25-19(23-8-4-5-9-23)18-10-17(12-20-18)28(26,27)22-16-11-21-24(14-16)13-15-6-2-1-3-7-15/h1-3,6-7,10-12,14,20,22H,4-5,8-9,13H2. The van der Waals surface area contributed by atoms with Gasteiger partial charge in [0.05, 0.1) is 18.4 Å². The Labute approximate surface area is 163 Å². The van der Waals surface area contributed by atoms with Crippen LogP contribution in [-0.2, 0) is 16.6 Å². The average Bonchev–Trinajstić information content (AvgIpc) is 3.44. The quantitative estimate of drug-likeness (QED) is 0.664. The molecule has 9 heteroatoms. The lowest BCUT2D eigenvalue weighted by atomic mass is 10.2. The van der Waals surface area contributed by atoms with E-state index in [1.54, 1.807) is 15.8 Å². The van der Waals surface area contributed by atoms with Gasteiger partial charge in [-0.2, -0.15) is 5.10 Å². The number of carbonyl (C=O) groups excluding carboxylic acids is 1. The van der Waals surface area contributed by atoms with Gasteiger partial charge in [0, 0.05) is 25.5 Å². The summed E-state index contributed by atoms with van der Waals surface area (Å²) in [5, 5.41) is 4.20. The van der Waals surface area contributed by atoms with Crippen LogP contribution in [-0.4, -0.2) is 47.1 Å². The minimum Gasteiger partial charge on any atom is -0.356 e. The number of likely N-dealkylation sites (tertiary alicyclic amines) is 1. The van der Waals surface area contributed by atoms with Crippen LogP contribution in [0, 0.1) is 0 Å². The molecule has 4 rings (SSSR count). The second-order valence-corrected chi connectivity index (χ2v) is 8.45. The van der Waals surface area contributed by atoms with Crippen molar-refractivity contribution in [2.75, 3.05) is 17.8 Å². The number of aromatic nitrogens is 3. The predicted molar refractivity (Wildman–Crippen MR) is 105 cm³/mol. The highest BCUT2D eigenvalue weighted by Gasteiger charge is 2.24. The molecule has 1 saturated heterocycles. The van der Waals surface area contributed by atoms with E-state index >= 15 is 0 Å². The first kappa shape index (κ1) is 18.3. The first-order chi connectivity index (χ1) is 13.5. The van der Waals surface area contributed by atoms with Gasteiger partial charge in [-0.25, -0.2) is 8.42 Å². The van der Waals surface area contributed by atoms with Crippen LogP contribution in [0.15, 0.2) is 59.9 Å². The molecule has 0 bridgehead atoms. The van der Waals surface area contributed by atoms with Crippen LogP contribution in [0.5, 0.6) is 0 Å². The molecular formula is C19H21N5O3S. The van der Waals surface area contributed by atoms with E-state index in [-0.39, 0.29) is 16.5 Å². The normalized spacial score (nSPS) is 14.4. The fourth-order valence-corrected chi connectivity index (χ4v) is 4.25. The van der Waals surface area contributed by atoms with Crippen LogP contribution in [0.3, 0.4) is 0 Å². The van der Waals surface area contributed by atoms with Crippen LogP contribution in [0.1, 0.15) is 28.9 Å². The lowest BCUT2D eigenvalue weighted by Gasteiger charge is -2.13. The Bertz CT molecular complexity index is 1070. The Hall–Kier alpha value is -3.07. The predicted octanol–water partition coefficient (Wildman–Crippen LogP) is 2.30. The van der Waals surface area contributed by atoms with Crippen molar-refractivity contribution in [2.24, 2.45) is 0 Å². The molecule has 0 atom stereocenters. The summed E-state index contributed by atoms with van der Waals surface area (Å²) in [5.41, 5.74) is 1.71. The Morgan fingerprint density at radius 3 is 2.68 bits per heavy atom. The number of carbonyl (C=O) groups is 1. The molecule has 3 aromatic rings. The van der Waals surface area contributed by atoms with Gasteiger partial charge in [-0.1, -0.05) is 30.3 Å². The van der Waals surface area contributed by atoms with E-state index in [1.807, 2.05) is 30.3 Å².